The van der Waals surface area contributed by atoms with Crippen molar-refractivity contribution in [2.45, 2.75) is 19.6 Å². The van der Waals surface area contributed by atoms with Crippen molar-refractivity contribution in [1.82, 2.24) is 4.90 Å². The molecule has 0 aliphatic carbocycles. The van der Waals surface area contributed by atoms with Crippen LogP contribution in [0, 0.1) is 6.92 Å². The molecule has 5 heteroatoms. The average molecular weight is 339 g/mol. The van der Waals surface area contributed by atoms with Crippen molar-refractivity contribution < 1.29 is 9.53 Å². The summed E-state index contributed by atoms with van der Waals surface area (Å²) in [5.74, 6) is -0.100. The summed E-state index contributed by atoms with van der Waals surface area (Å²) in [5.41, 5.74) is 4.16. The zero-order chi connectivity index (χ0) is 17.6. The quantitative estimate of drug-likeness (QED) is 0.879. The third kappa shape index (κ3) is 4.59. The Morgan fingerprint density at radius 2 is 1.88 bits per heavy atom. The molecule has 3 rings (SSSR count). The van der Waals surface area contributed by atoms with Gasteiger partial charge in [-0.1, -0.05) is 36.4 Å². The number of aryl methyl sites for hydroxylation is 1. The molecule has 0 unspecified atom stereocenters. The molecule has 0 aromatic heterocycles. The second kappa shape index (κ2) is 8.14. The summed E-state index contributed by atoms with van der Waals surface area (Å²) in [7, 11) is 2.00. The molecule has 1 fully saturated rings. The van der Waals surface area contributed by atoms with E-state index in [1.54, 1.807) is 0 Å². The Hall–Kier alpha value is -2.37. The number of rotatable bonds is 5. The second-order valence-electron chi connectivity index (χ2n) is 6.44. The highest BCUT2D eigenvalue weighted by Crippen LogP contribution is 2.23. The van der Waals surface area contributed by atoms with Gasteiger partial charge in [-0.05, 0) is 37.2 Å². The Bertz CT molecular complexity index is 732. The van der Waals surface area contributed by atoms with Gasteiger partial charge in [0.2, 0.25) is 0 Å². The van der Waals surface area contributed by atoms with Gasteiger partial charge in [-0.25, -0.2) is 0 Å². The first-order valence-electron chi connectivity index (χ1n) is 8.62. The molecule has 5 nitrogen and oxygen atoms in total. The van der Waals surface area contributed by atoms with E-state index in [1.165, 1.54) is 11.1 Å². The first kappa shape index (κ1) is 17.5. The molecule has 1 amide bonds. The lowest BCUT2D eigenvalue weighted by Gasteiger charge is -2.29. The molecule has 25 heavy (non-hydrogen) atoms. The molecule has 0 spiro atoms. The van der Waals surface area contributed by atoms with E-state index < -0.39 is 6.10 Å². The first-order valence-corrected chi connectivity index (χ1v) is 8.62. The highest BCUT2D eigenvalue weighted by Gasteiger charge is 2.25. The van der Waals surface area contributed by atoms with Gasteiger partial charge in [0.05, 0.1) is 18.0 Å². The van der Waals surface area contributed by atoms with Crippen molar-refractivity contribution >= 4 is 17.3 Å². The molecule has 2 aromatic rings. The number of anilines is 2. The van der Waals surface area contributed by atoms with Gasteiger partial charge < -0.3 is 20.3 Å². The summed E-state index contributed by atoms with van der Waals surface area (Å²) in [6, 6.07) is 16.0. The molecule has 1 atom stereocenters. The van der Waals surface area contributed by atoms with Crippen molar-refractivity contribution in [2.24, 2.45) is 0 Å². The van der Waals surface area contributed by atoms with Crippen LogP contribution in [0.15, 0.2) is 48.5 Å². The van der Waals surface area contributed by atoms with Crippen LogP contribution in [0.5, 0.6) is 0 Å². The van der Waals surface area contributed by atoms with E-state index in [1.807, 2.05) is 43.4 Å². The lowest BCUT2D eigenvalue weighted by Crippen LogP contribution is -2.46. The molecule has 1 aliphatic heterocycles. The van der Waals surface area contributed by atoms with Crippen LogP contribution in [-0.2, 0) is 16.1 Å². The Morgan fingerprint density at radius 3 is 2.64 bits per heavy atom. The number of nitrogens with one attached hydrogen (secondary N) is 2. The third-order valence-corrected chi connectivity index (χ3v) is 4.48. The highest BCUT2D eigenvalue weighted by atomic mass is 16.5. The van der Waals surface area contributed by atoms with E-state index in [0.717, 1.165) is 17.9 Å². The van der Waals surface area contributed by atoms with Crippen LogP contribution in [-0.4, -0.2) is 43.7 Å². The number of likely N-dealkylation sites (N-methyl/N-ethyl adjacent to an activating group) is 1. The minimum absolute atomic E-state index is 0.100. The van der Waals surface area contributed by atoms with E-state index >= 15 is 0 Å². The van der Waals surface area contributed by atoms with Gasteiger partial charge >= 0.3 is 0 Å². The molecule has 0 radical (unpaired) electrons. The van der Waals surface area contributed by atoms with Crippen LogP contribution < -0.4 is 10.6 Å². The van der Waals surface area contributed by atoms with E-state index in [0.29, 0.717) is 19.7 Å². The maximum atomic E-state index is 12.5. The standard InChI is InChI=1S/C20H25N3O2/c1-15-7-3-4-8-16(15)13-21-17-9-5-6-10-18(17)22-20(24)19-14-23(2)11-12-25-19/h3-10,19,21H,11-14H2,1-2H3,(H,22,24)/t19-/m0/s1. The van der Waals surface area contributed by atoms with Crippen molar-refractivity contribution in [2.75, 3.05) is 37.4 Å². The molecule has 132 valence electrons. The van der Waals surface area contributed by atoms with Gasteiger partial charge in [-0.15, -0.1) is 0 Å². The fraction of sp³-hybridized carbons (Fsp3) is 0.350. The van der Waals surface area contributed by atoms with Crippen LogP contribution >= 0.6 is 0 Å². The number of carbonyl (C=O) groups is 1. The summed E-state index contributed by atoms with van der Waals surface area (Å²) in [4.78, 5) is 14.6. The van der Waals surface area contributed by atoms with Crippen LogP contribution in [0.25, 0.3) is 0 Å². The van der Waals surface area contributed by atoms with E-state index in [2.05, 4.69) is 34.6 Å². The van der Waals surface area contributed by atoms with Crippen molar-refractivity contribution in [3.8, 4) is 0 Å². The van der Waals surface area contributed by atoms with Crippen LogP contribution in [0.1, 0.15) is 11.1 Å². The maximum absolute atomic E-state index is 12.5. The molecular weight excluding hydrogens is 314 g/mol. The number of carbonyl (C=O) groups excluding carboxylic acids is 1. The second-order valence-corrected chi connectivity index (χ2v) is 6.44. The van der Waals surface area contributed by atoms with Gasteiger partial charge in [-0.3, -0.25) is 4.79 Å². The number of para-hydroxylation sites is 2. The maximum Gasteiger partial charge on any atom is 0.254 e. The number of morpholine rings is 1. The van der Waals surface area contributed by atoms with Crippen molar-refractivity contribution in [1.29, 1.82) is 0 Å². The number of hydrogen-bond acceptors (Lipinski definition) is 4. The van der Waals surface area contributed by atoms with E-state index in [9.17, 15) is 4.79 Å². The lowest BCUT2D eigenvalue weighted by atomic mass is 10.1. The van der Waals surface area contributed by atoms with E-state index in [-0.39, 0.29) is 5.91 Å². The Balaban J connectivity index is 1.66. The van der Waals surface area contributed by atoms with Crippen LogP contribution in [0.4, 0.5) is 11.4 Å². The molecule has 0 saturated carbocycles. The Labute approximate surface area is 149 Å². The smallest absolute Gasteiger partial charge is 0.254 e. The monoisotopic (exact) mass is 339 g/mol. The zero-order valence-corrected chi connectivity index (χ0v) is 14.8. The van der Waals surface area contributed by atoms with Gasteiger partial charge in [0, 0.05) is 19.6 Å². The topological polar surface area (TPSA) is 53.6 Å². The first-order chi connectivity index (χ1) is 12.1. The fourth-order valence-corrected chi connectivity index (χ4v) is 2.89. The van der Waals surface area contributed by atoms with Gasteiger partial charge in [0.25, 0.3) is 5.91 Å². The number of ether oxygens (including phenoxy) is 1. The molecule has 1 saturated heterocycles. The summed E-state index contributed by atoms with van der Waals surface area (Å²) in [6.07, 6.45) is -0.428. The van der Waals surface area contributed by atoms with Crippen molar-refractivity contribution in [3.05, 3.63) is 59.7 Å². The minimum Gasteiger partial charge on any atom is -0.379 e. The average Bonchev–Trinajstić information content (AvgIpc) is 2.62. The largest absolute Gasteiger partial charge is 0.379 e. The summed E-state index contributed by atoms with van der Waals surface area (Å²) >= 11 is 0. The molecule has 1 heterocycles. The molecular formula is C20H25N3O2. The Kier molecular flexibility index (Phi) is 5.68. The molecule has 2 N–H and O–H groups in total. The zero-order valence-electron chi connectivity index (χ0n) is 14.8. The van der Waals surface area contributed by atoms with Gasteiger partial charge in [0.1, 0.15) is 6.10 Å². The number of amides is 1. The minimum atomic E-state index is -0.428. The summed E-state index contributed by atoms with van der Waals surface area (Å²) in [5, 5.41) is 6.42. The normalized spacial score (nSPS) is 17.9. The van der Waals surface area contributed by atoms with Crippen LogP contribution in [0.2, 0.25) is 0 Å². The summed E-state index contributed by atoms with van der Waals surface area (Å²) < 4.78 is 5.59. The summed E-state index contributed by atoms with van der Waals surface area (Å²) in [6.45, 7) is 4.87. The lowest BCUT2D eigenvalue weighted by molar-refractivity contribution is -0.132. The predicted molar refractivity (Wildman–Crippen MR) is 101 cm³/mol. The van der Waals surface area contributed by atoms with Gasteiger partial charge in [0.15, 0.2) is 0 Å². The molecule has 2 aromatic carbocycles. The van der Waals surface area contributed by atoms with Gasteiger partial charge in [-0.2, -0.15) is 0 Å². The molecule has 0 bridgehead atoms. The van der Waals surface area contributed by atoms with Crippen LogP contribution in [0.3, 0.4) is 0 Å². The number of hydrogen-bond donors (Lipinski definition) is 2. The van der Waals surface area contributed by atoms with Crippen molar-refractivity contribution in [3.63, 3.8) is 0 Å². The highest BCUT2D eigenvalue weighted by molar-refractivity contribution is 5.97. The third-order valence-electron chi connectivity index (χ3n) is 4.48. The SMILES string of the molecule is Cc1ccccc1CNc1ccccc1NC(=O)[C@@H]1CN(C)CCO1. The molecule has 1 aliphatic rings. The number of nitrogens with zero attached hydrogens (tertiary/aromatic N) is 1. The number of benzene rings is 2. The fourth-order valence-electron chi connectivity index (χ4n) is 2.89. The Morgan fingerprint density at radius 1 is 1.16 bits per heavy atom. The van der Waals surface area contributed by atoms with E-state index in [4.69, 9.17) is 4.74 Å². The predicted octanol–water partition coefficient (Wildman–Crippen LogP) is 2.88.